The maximum atomic E-state index is 13.2. The monoisotopic (exact) mass is 515 g/mol. The summed E-state index contributed by atoms with van der Waals surface area (Å²) in [6, 6.07) is 4.59. The van der Waals surface area contributed by atoms with Crippen molar-refractivity contribution in [3.8, 4) is 5.75 Å². The van der Waals surface area contributed by atoms with Gasteiger partial charge in [0.25, 0.3) is 0 Å². The Balaban J connectivity index is 1.73. The number of allylic oxidation sites excluding steroid dienone is 6. The molecule has 4 aliphatic rings. The van der Waals surface area contributed by atoms with Crippen LogP contribution in [0.25, 0.3) is 0 Å². The first-order chi connectivity index (χ1) is 15.2. The third kappa shape index (κ3) is 2.90. The highest BCUT2D eigenvalue weighted by Crippen LogP contribution is 2.56. The van der Waals surface area contributed by atoms with Gasteiger partial charge < -0.3 is 5.11 Å². The van der Waals surface area contributed by atoms with Crippen LogP contribution in [0.3, 0.4) is 0 Å². The Bertz CT molecular complexity index is 1210. The summed E-state index contributed by atoms with van der Waals surface area (Å²) in [5, 5.41) is 11.1. The molecule has 1 aliphatic heterocycles. The largest absolute Gasteiger partial charge is 0.508 e. The van der Waals surface area contributed by atoms with E-state index in [-0.39, 0.29) is 40.0 Å². The lowest BCUT2D eigenvalue weighted by Crippen LogP contribution is -2.39. The third-order valence-corrected chi connectivity index (χ3v) is 7.86. The molecule has 0 spiro atoms. The van der Waals surface area contributed by atoms with Crippen molar-refractivity contribution in [3.63, 3.8) is 0 Å². The molecule has 32 heavy (non-hydrogen) atoms. The van der Waals surface area contributed by atoms with Gasteiger partial charge in [-0.05, 0) is 59.8 Å². The Labute approximate surface area is 197 Å². The van der Waals surface area contributed by atoms with Crippen molar-refractivity contribution in [1.82, 2.24) is 4.90 Å². The van der Waals surface area contributed by atoms with E-state index in [0.29, 0.717) is 34.7 Å². The third-order valence-electron chi connectivity index (χ3n) is 7.04. The summed E-state index contributed by atoms with van der Waals surface area (Å²) < 4.78 is 0.166. The number of imide groups is 1. The molecule has 1 aromatic rings. The molecule has 4 atom stereocenters. The minimum atomic E-state index is -0.713. The lowest BCUT2D eigenvalue weighted by atomic mass is 9.59. The fourth-order valence-electron chi connectivity index (χ4n) is 5.70. The zero-order valence-electron chi connectivity index (χ0n) is 17.1. The van der Waals surface area contributed by atoms with Gasteiger partial charge in [0.15, 0.2) is 11.6 Å². The number of amides is 2. The average Bonchev–Trinajstić information content (AvgIpc) is 3.02. The fraction of sp³-hybridized carbons (Fsp3) is 0.333. The van der Waals surface area contributed by atoms with Gasteiger partial charge >= 0.3 is 0 Å². The number of likely N-dealkylation sites (tertiary alicyclic amines) is 1. The molecule has 2 amide bonds. The van der Waals surface area contributed by atoms with Crippen molar-refractivity contribution in [2.45, 2.75) is 25.7 Å². The molecule has 0 aromatic heterocycles. The second-order valence-corrected chi connectivity index (χ2v) is 9.81. The van der Waals surface area contributed by atoms with Crippen LogP contribution in [0.1, 0.15) is 31.2 Å². The van der Waals surface area contributed by atoms with Crippen LogP contribution < -0.4 is 0 Å². The fourth-order valence-corrected chi connectivity index (χ4v) is 6.32. The molecule has 0 saturated carbocycles. The number of carbonyl (C=O) groups is 4. The Hall–Kier alpha value is -2.51. The number of ketones is 2. The zero-order valence-corrected chi connectivity index (χ0v) is 19.4. The minimum absolute atomic E-state index is 0.0483. The number of rotatable bonds is 2. The van der Waals surface area contributed by atoms with E-state index in [9.17, 15) is 24.3 Å². The van der Waals surface area contributed by atoms with Crippen molar-refractivity contribution in [3.05, 3.63) is 62.1 Å². The van der Waals surface area contributed by atoms with Crippen molar-refractivity contribution < 1.29 is 24.3 Å². The van der Waals surface area contributed by atoms with Crippen LogP contribution in [0, 0.1) is 17.8 Å². The molecule has 5 rings (SSSR count). The maximum absolute atomic E-state index is 13.2. The molecule has 0 bridgehead atoms. The molecular weight excluding hydrogens is 498 g/mol. The number of hydrogen-bond donors (Lipinski definition) is 1. The second kappa shape index (κ2) is 7.52. The number of Topliss-reactive ketones (excluding diaryl/α,β-unsaturated/α-hetero) is 1. The number of carbonyl (C=O) groups excluding carboxylic acids is 4. The van der Waals surface area contributed by atoms with Crippen molar-refractivity contribution in [2.75, 3.05) is 6.54 Å². The van der Waals surface area contributed by atoms with E-state index in [0.717, 1.165) is 5.57 Å². The molecule has 1 heterocycles. The normalized spacial score (nSPS) is 29.5. The molecule has 1 fully saturated rings. The first-order valence-electron chi connectivity index (χ1n) is 10.5. The van der Waals surface area contributed by atoms with Gasteiger partial charge in [-0.3, -0.25) is 24.1 Å². The first-order valence-corrected chi connectivity index (χ1v) is 11.6. The van der Waals surface area contributed by atoms with Crippen LogP contribution in [0.15, 0.2) is 51.6 Å². The lowest BCUT2D eigenvalue weighted by molar-refractivity contribution is -0.139. The standard InChI is InChI=1S/C24H19BrClNO5/c1-2-27-23(31)12-5-4-11-13(20(12)24(27)32)8-15-21(18(29)9-16(25)22(15)30)19(11)14-7-10(26)3-6-17(14)28/h3-4,6-7,9,12-13,19-20,28H,2,5,8H2,1H3. The van der Waals surface area contributed by atoms with Crippen LogP contribution in [0.4, 0.5) is 0 Å². The Morgan fingerprint density at radius 2 is 1.91 bits per heavy atom. The zero-order chi connectivity index (χ0) is 22.9. The summed E-state index contributed by atoms with van der Waals surface area (Å²) in [5.74, 6) is -3.29. The van der Waals surface area contributed by atoms with Crippen LogP contribution in [0.5, 0.6) is 5.75 Å². The summed E-state index contributed by atoms with van der Waals surface area (Å²) >= 11 is 9.41. The van der Waals surface area contributed by atoms with Gasteiger partial charge in [0, 0.05) is 40.3 Å². The number of halogens is 2. The van der Waals surface area contributed by atoms with Gasteiger partial charge in [0.1, 0.15) is 5.75 Å². The van der Waals surface area contributed by atoms with Crippen LogP contribution in [0.2, 0.25) is 5.02 Å². The molecule has 3 aliphatic carbocycles. The molecule has 6 nitrogen and oxygen atoms in total. The lowest BCUT2D eigenvalue weighted by Gasteiger charge is -2.42. The van der Waals surface area contributed by atoms with Crippen LogP contribution in [-0.2, 0) is 19.2 Å². The SMILES string of the molecule is CCN1C(=O)C2CC=C3C(c4cc(Cl)ccc4O)C4=C(CC3C2C1=O)C(=O)C(Br)=CC4=O. The summed E-state index contributed by atoms with van der Waals surface area (Å²) in [5.41, 5.74) is 1.83. The smallest absolute Gasteiger partial charge is 0.233 e. The quantitative estimate of drug-likeness (QED) is 0.366. The van der Waals surface area contributed by atoms with Gasteiger partial charge in [0.2, 0.25) is 11.8 Å². The van der Waals surface area contributed by atoms with Crippen molar-refractivity contribution in [2.24, 2.45) is 17.8 Å². The van der Waals surface area contributed by atoms with E-state index in [2.05, 4.69) is 15.9 Å². The van der Waals surface area contributed by atoms with Gasteiger partial charge in [0.05, 0.1) is 16.3 Å². The summed E-state index contributed by atoms with van der Waals surface area (Å²) in [6.45, 7) is 2.06. The number of fused-ring (bicyclic) bond motifs is 3. The summed E-state index contributed by atoms with van der Waals surface area (Å²) in [6.07, 6.45) is 3.74. The molecule has 1 N–H and O–H groups in total. The Morgan fingerprint density at radius 1 is 1.16 bits per heavy atom. The maximum Gasteiger partial charge on any atom is 0.233 e. The Morgan fingerprint density at radius 3 is 2.62 bits per heavy atom. The minimum Gasteiger partial charge on any atom is -0.508 e. The van der Waals surface area contributed by atoms with Crippen molar-refractivity contribution >= 4 is 50.9 Å². The highest BCUT2D eigenvalue weighted by atomic mass is 79.9. The predicted molar refractivity (Wildman–Crippen MR) is 120 cm³/mol. The second-order valence-electron chi connectivity index (χ2n) is 8.52. The van der Waals surface area contributed by atoms with Gasteiger partial charge in [-0.1, -0.05) is 23.3 Å². The van der Waals surface area contributed by atoms with Crippen LogP contribution >= 0.6 is 27.5 Å². The van der Waals surface area contributed by atoms with Crippen molar-refractivity contribution in [1.29, 1.82) is 0 Å². The van der Waals surface area contributed by atoms with Crippen LogP contribution in [-0.4, -0.2) is 39.9 Å². The van der Waals surface area contributed by atoms with E-state index in [1.807, 2.05) is 6.08 Å². The van der Waals surface area contributed by atoms with Gasteiger partial charge in [-0.15, -0.1) is 0 Å². The summed E-state index contributed by atoms with van der Waals surface area (Å²) in [4.78, 5) is 53.5. The van der Waals surface area contributed by atoms with Gasteiger partial charge in [-0.2, -0.15) is 0 Å². The van der Waals surface area contributed by atoms with E-state index < -0.39 is 23.7 Å². The summed E-state index contributed by atoms with van der Waals surface area (Å²) in [7, 11) is 0. The molecule has 164 valence electrons. The molecule has 1 aromatic carbocycles. The van der Waals surface area contributed by atoms with E-state index >= 15 is 0 Å². The number of nitrogens with zero attached hydrogens (tertiary/aromatic N) is 1. The average molecular weight is 517 g/mol. The number of phenolic OH excluding ortho intramolecular Hbond substituents is 1. The number of aromatic hydroxyl groups is 1. The number of hydrogen-bond acceptors (Lipinski definition) is 5. The predicted octanol–water partition coefficient (Wildman–Crippen LogP) is 3.83. The van der Waals surface area contributed by atoms with E-state index in [4.69, 9.17) is 11.6 Å². The Kier molecular flexibility index (Phi) is 5.02. The van der Waals surface area contributed by atoms with E-state index in [1.54, 1.807) is 19.1 Å². The molecule has 1 saturated heterocycles. The molecule has 8 heteroatoms. The van der Waals surface area contributed by atoms with Gasteiger partial charge in [-0.25, -0.2) is 0 Å². The molecular formula is C24H19BrClNO5. The number of phenols is 1. The van der Waals surface area contributed by atoms with E-state index in [1.165, 1.54) is 17.0 Å². The number of benzene rings is 1. The topological polar surface area (TPSA) is 91.8 Å². The first kappa shape index (κ1) is 21.3. The highest BCUT2D eigenvalue weighted by Gasteiger charge is 2.56. The molecule has 4 unspecified atom stereocenters. The molecule has 0 radical (unpaired) electrons. The highest BCUT2D eigenvalue weighted by molar-refractivity contribution is 9.12.